The van der Waals surface area contributed by atoms with Crippen molar-refractivity contribution in [2.45, 2.75) is 30.5 Å². The van der Waals surface area contributed by atoms with E-state index in [1.807, 2.05) is 0 Å². The van der Waals surface area contributed by atoms with Crippen molar-refractivity contribution in [3.63, 3.8) is 0 Å². The molecule has 0 aromatic heterocycles. The number of ether oxygens (including phenoxy) is 2. The molecule has 0 saturated carbocycles. The molecule has 0 aliphatic carbocycles. The summed E-state index contributed by atoms with van der Waals surface area (Å²) in [6.45, 7) is 5.63. The first-order valence-electron chi connectivity index (χ1n) is 6.63. The molecule has 1 heterocycles. The van der Waals surface area contributed by atoms with Gasteiger partial charge in [0.2, 0.25) is 0 Å². The summed E-state index contributed by atoms with van der Waals surface area (Å²) < 4.78 is 10.9. The topological polar surface area (TPSA) is 21.7 Å². The van der Waals surface area contributed by atoms with Gasteiger partial charge in [-0.2, -0.15) is 0 Å². The van der Waals surface area contributed by atoms with Crippen LogP contribution in [0.25, 0.3) is 0 Å². The number of morpholine rings is 1. The standard InChI is InChI=1S/C14H21NO2.CH3.Sb/c1-12-10-17-14(11-16-2)9-15(12)8-13-6-4-3-5-7-13;;/h3-7,12,14H,8-11H2,1-2H3;1H3;. The van der Waals surface area contributed by atoms with Gasteiger partial charge in [0.15, 0.2) is 0 Å². The predicted octanol–water partition coefficient (Wildman–Crippen LogP) is 2.13. The van der Waals surface area contributed by atoms with Gasteiger partial charge in [0, 0.05) is 26.2 Å². The average Bonchev–Trinajstić information content (AvgIpc) is 2.46. The monoisotopic (exact) mass is 371 g/mol. The molecule has 4 heteroatoms. The maximum atomic E-state index is 5.73. The molecule has 1 aromatic rings. The minimum absolute atomic E-state index is 0.208. The second kappa shape index (κ2) is 9.76. The summed E-state index contributed by atoms with van der Waals surface area (Å²) in [5.41, 5.74) is 1.36. The van der Waals surface area contributed by atoms with Crippen molar-refractivity contribution in [2.24, 2.45) is 0 Å². The zero-order valence-electron chi connectivity index (χ0n) is 12.1. The first-order valence-corrected chi connectivity index (χ1v) is 9.18. The van der Waals surface area contributed by atoms with E-state index in [-0.39, 0.29) is 6.10 Å². The average molecular weight is 372 g/mol. The molecule has 2 unspecified atom stereocenters. The Balaban J connectivity index is 0.000000861. The van der Waals surface area contributed by atoms with Crippen molar-refractivity contribution in [1.29, 1.82) is 0 Å². The molecule has 1 fully saturated rings. The summed E-state index contributed by atoms with van der Waals surface area (Å²) in [6.07, 6.45) is 0.208. The van der Waals surface area contributed by atoms with Gasteiger partial charge in [0.05, 0.1) is 19.3 Å². The van der Waals surface area contributed by atoms with E-state index in [1.165, 1.54) is 5.56 Å². The minimum atomic E-state index is 0.208. The Labute approximate surface area is 130 Å². The van der Waals surface area contributed by atoms with E-state index in [9.17, 15) is 0 Å². The van der Waals surface area contributed by atoms with Crippen LogP contribution in [0.1, 0.15) is 12.5 Å². The van der Waals surface area contributed by atoms with E-state index in [4.69, 9.17) is 9.47 Å². The molecule has 1 aliphatic rings. The molecule has 2 atom stereocenters. The molecule has 0 spiro atoms. The first-order chi connectivity index (χ1) is 9.29. The molecule has 0 amide bonds. The molecular formula is C15H24NO2Sb. The van der Waals surface area contributed by atoms with Crippen LogP contribution in [0.3, 0.4) is 0 Å². The van der Waals surface area contributed by atoms with Gasteiger partial charge in [0.25, 0.3) is 0 Å². The zero-order valence-corrected chi connectivity index (χ0v) is 14.6. The fourth-order valence-corrected chi connectivity index (χ4v) is 2.20. The molecule has 106 valence electrons. The van der Waals surface area contributed by atoms with Gasteiger partial charge in [-0.25, -0.2) is 0 Å². The molecule has 1 aliphatic heterocycles. The van der Waals surface area contributed by atoms with Gasteiger partial charge >= 0.3 is 27.9 Å². The third kappa shape index (κ3) is 5.83. The Morgan fingerprint density at radius 1 is 1.32 bits per heavy atom. The quantitative estimate of drug-likeness (QED) is 0.756. The van der Waals surface area contributed by atoms with E-state index >= 15 is 0 Å². The number of rotatable bonds is 4. The maximum absolute atomic E-state index is 5.73. The fraction of sp³-hybridized carbons (Fsp3) is 0.600. The number of methoxy groups -OCH3 is 1. The van der Waals surface area contributed by atoms with Gasteiger partial charge in [-0.05, 0) is 12.5 Å². The Bertz CT molecular complexity index is 334. The Morgan fingerprint density at radius 3 is 2.63 bits per heavy atom. The summed E-state index contributed by atoms with van der Waals surface area (Å²) >= 11 is 1.75. The molecular weight excluding hydrogens is 348 g/mol. The molecule has 2 radical (unpaired) electrons. The molecule has 1 aromatic carbocycles. The van der Waals surface area contributed by atoms with Crippen molar-refractivity contribution in [1.82, 2.24) is 4.90 Å². The Morgan fingerprint density at radius 2 is 2.00 bits per heavy atom. The molecule has 0 bridgehead atoms. The fourth-order valence-electron chi connectivity index (χ4n) is 2.20. The number of benzene rings is 1. The van der Waals surface area contributed by atoms with E-state index in [2.05, 4.69) is 47.0 Å². The van der Waals surface area contributed by atoms with Crippen molar-refractivity contribution >= 4 is 23.0 Å². The molecule has 2 rings (SSSR count). The second-order valence-corrected chi connectivity index (χ2v) is 4.67. The van der Waals surface area contributed by atoms with Crippen LogP contribution in [0, 0.1) is 0 Å². The Kier molecular flexibility index (Phi) is 8.72. The van der Waals surface area contributed by atoms with E-state index < -0.39 is 0 Å². The number of nitrogens with zero attached hydrogens (tertiary/aromatic N) is 1. The van der Waals surface area contributed by atoms with E-state index in [1.54, 1.807) is 30.1 Å². The summed E-state index contributed by atoms with van der Waals surface area (Å²) in [5, 5.41) is 0. The van der Waals surface area contributed by atoms with Crippen LogP contribution in [-0.2, 0) is 16.0 Å². The van der Waals surface area contributed by atoms with Crippen LogP contribution in [-0.4, -0.2) is 66.9 Å². The van der Waals surface area contributed by atoms with Gasteiger partial charge < -0.3 is 9.47 Å². The van der Waals surface area contributed by atoms with Gasteiger partial charge in [-0.3, -0.25) is 4.90 Å². The number of hydrogen-bond donors (Lipinski definition) is 0. The SMILES string of the molecule is COCC1CN(Cc2ccccc2)C(C)CO1.[CH3][Sb]. The molecule has 0 N–H and O–H groups in total. The van der Waals surface area contributed by atoms with E-state index in [0.29, 0.717) is 12.6 Å². The van der Waals surface area contributed by atoms with Crippen molar-refractivity contribution < 1.29 is 9.47 Å². The summed E-state index contributed by atoms with van der Waals surface area (Å²) in [4.78, 5) is 4.51. The Hall–Kier alpha value is -0.0818. The van der Waals surface area contributed by atoms with Crippen LogP contribution in [0.4, 0.5) is 0 Å². The van der Waals surface area contributed by atoms with Gasteiger partial charge in [-0.15, -0.1) is 0 Å². The molecule has 19 heavy (non-hydrogen) atoms. The number of hydrogen-bond acceptors (Lipinski definition) is 3. The normalized spacial score (nSPS) is 23.6. The van der Waals surface area contributed by atoms with Crippen LogP contribution >= 0.6 is 0 Å². The van der Waals surface area contributed by atoms with Crippen molar-refractivity contribution in [2.75, 3.05) is 26.9 Å². The third-order valence-electron chi connectivity index (χ3n) is 3.22. The predicted molar refractivity (Wildman–Crippen MR) is 79.5 cm³/mol. The first kappa shape index (κ1) is 17.0. The van der Waals surface area contributed by atoms with Crippen molar-refractivity contribution in [3.8, 4) is 0 Å². The second-order valence-electron chi connectivity index (χ2n) is 4.67. The van der Waals surface area contributed by atoms with Crippen LogP contribution < -0.4 is 0 Å². The third-order valence-corrected chi connectivity index (χ3v) is 3.22. The molecule has 3 nitrogen and oxygen atoms in total. The van der Waals surface area contributed by atoms with Crippen LogP contribution in [0.2, 0.25) is 4.87 Å². The van der Waals surface area contributed by atoms with Gasteiger partial charge in [0.1, 0.15) is 0 Å². The molecule has 1 saturated heterocycles. The van der Waals surface area contributed by atoms with Crippen LogP contribution in [0.15, 0.2) is 30.3 Å². The summed E-state index contributed by atoms with van der Waals surface area (Å²) in [6, 6.07) is 11.1. The van der Waals surface area contributed by atoms with Crippen LogP contribution in [0.5, 0.6) is 0 Å². The zero-order chi connectivity index (χ0) is 14.1. The summed E-state index contributed by atoms with van der Waals surface area (Å²) in [7, 11) is 1.73. The van der Waals surface area contributed by atoms with Gasteiger partial charge in [-0.1, -0.05) is 30.3 Å². The van der Waals surface area contributed by atoms with Crippen molar-refractivity contribution in [3.05, 3.63) is 35.9 Å². The van der Waals surface area contributed by atoms with E-state index in [0.717, 1.165) is 19.7 Å². The summed E-state index contributed by atoms with van der Waals surface area (Å²) in [5.74, 6) is 0.